The highest BCUT2D eigenvalue weighted by Crippen LogP contribution is 2.31. The fourth-order valence-electron chi connectivity index (χ4n) is 1.97. The van der Waals surface area contributed by atoms with Gasteiger partial charge in [-0.1, -0.05) is 20.4 Å². The topological polar surface area (TPSA) is 44.3 Å². The van der Waals surface area contributed by atoms with Crippen molar-refractivity contribution in [3.8, 4) is 0 Å². The molecule has 0 saturated carbocycles. The Bertz CT molecular complexity index is 440. The van der Waals surface area contributed by atoms with E-state index in [-0.39, 0.29) is 0 Å². The summed E-state index contributed by atoms with van der Waals surface area (Å²) in [6.07, 6.45) is 1.86. The summed E-state index contributed by atoms with van der Waals surface area (Å²) >= 11 is 0. The molecule has 0 aliphatic carbocycles. The van der Waals surface area contributed by atoms with E-state index in [2.05, 4.69) is 54.4 Å². The van der Waals surface area contributed by atoms with Gasteiger partial charge in [0.1, 0.15) is 5.82 Å². The molecule has 0 unspecified atom stereocenters. The van der Waals surface area contributed by atoms with Gasteiger partial charge in [-0.05, 0) is 19.8 Å². The van der Waals surface area contributed by atoms with Crippen molar-refractivity contribution in [2.24, 2.45) is 4.99 Å². The summed E-state index contributed by atoms with van der Waals surface area (Å²) in [6.45, 7) is 12.5. The van der Waals surface area contributed by atoms with Crippen LogP contribution in [-0.2, 0) is 0 Å². The second kappa shape index (κ2) is 3.77. The van der Waals surface area contributed by atoms with Crippen molar-refractivity contribution in [2.45, 2.75) is 39.7 Å². The Labute approximate surface area is 96.1 Å². The van der Waals surface area contributed by atoms with E-state index in [1.54, 1.807) is 0 Å². The highest BCUT2D eigenvalue weighted by atomic mass is 15.3. The number of hydrogen-bond acceptors (Lipinski definition) is 3. The molecule has 0 fully saturated rings. The molecule has 2 heterocycles. The zero-order valence-corrected chi connectivity index (χ0v) is 10.3. The first-order chi connectivity index (χ1) is 7.52. The highest BCUT2D eigenvalue weighted by Gasteiger charge is 2.25. The monoisotopic (exact) mass is 218 g/mol. The quantitative estimate of drug-likeness (QED) is 0.829. The summed E-state index contributed by atoms with van der Waals surface area (Å²) in [4.78, 5) is 6.39. The molecule has 4 heteroatoms. The third-order valence-corrected chi connectivity index (χ3v) is 2.76. The molecule has 16 heavy (non-hydrogen) atoms. The molecule has 1 aliphatic rings. The Morgan fingerprint density at radius 3 is 2.56 bits per heavy atom. The van der Waals surface area contributed by atoms with E-state index < -0.39 is 0 Å². The van der Waals surface area contributed by atoms with Gasteiger partial charge < -0.3 is 4.90 Å². The molecule has 0 aromatic carbocycles. The standard InChI is InChI=1S/C12H18N4/c1-7(2)11-10-6-13-9(5)16(8(3)4)12(10)15-14-11/h6-8H,5H2,1-4H3,(H,14,15). The largest absolute Gasteiger partial charge is 0.307 e. The Hall–Kier alpha value is -1.58. The van der Waals surface area contributed by atoms with Crippen LogP contribution in [0, 0.1) is 0 Å². The lowest BCUT2D eigenvalue weighted by molar-refractivity contribution is 0.733. The van der Waals surface area contributed by atoms with Crippen molar-refractivity contribution < 1.29 is 0 Å². The van der Waals surface area contributed by atoms with Gasteiger partial charge in [-0.2, -0.15) is 5.10 Å². The predicted molar refractivity (Wildman–Crippen MR) is 67.0 cm³/mol. The minimum absolute atomic E-state index is 0.312. The summed E-state index contributed by atoms with van der Waals surface area (Å²) in [7, 11) is 0. The maximum absolute atomic E-state index is 4.38. The Balaban J connectivity index is 2.52. The van der Waals surface area contributed by atoms with Crippen LogP contribution in [0.1, 0.15) is 44.9 Å². The molecule has 0 spiro atoms. The van der Waals surface area contributed by atoms with Gasteiger partial charge in [0.25, 0.3) is 0 Å². The van der Waals surface area contributed by atoms with Crippen LogP contribution >= 0.6 is 0 Å². The minimum Gasteiger partial charge on any atom is -0.307 e. The van der Waals surface area contributed by atoms with Gasteiger partial charge in [0.05, 0.1) is 5.56 Å². The van der Waals surface area contributed by atoms with E-state index >= 15 is 0 Å². The number of nitrogens with one attached hydrogen (secondary N) is 1. The molecular formula is C12H18N4. The van der Waals surface area contributed by atoms with E-state index in [1.807, 2.05) is 6.21 Å². The van der Waals surface area contributed by atoms with Crippen molar-refractivity contribution >= 4 is 12.0 Å². The lowest BCUT2D eigenvalue weighted by atomic mass is 10.1. The third kappa shape index (κ3) is 1.54. The summed E-state index contributed by atoms with van der Waals surface area (Å²) < 4.78 is 0. The average molecular weight is 218 g/mol. The molecule has 86 valence electrons. The van der Waals surface area contributed by atoms with Crippen LogP contribution in [-0.4, -0.2) is 22.5 Å². The number of anilines is 1. The maximum atomic E-state index is 4.38. The number of aromatic amines is 1. The van der Waals surface area contributed by atoms with Crippen LogP contribution in [0.5, 0.6) is 0 Å². The first-order valence-corrected chi connectivity index (χ1v) is 5.62. The fourth-order valence-corrected chi connectivity index (χ4v) is 1.97. The Morgan fingerprint density at radius 2 is 2.00 bits per heavy atom. The summed E-state index contributed by atoms with van der Waals surface area (Å²) in [5.41, 5.74) is 2.23. The summed E-state index contributed by atoms with van der Waals surface area (Å²) in [5, 5.41) is 7.48. The van der Waals surface area contributed by atoms with Crippen molar-refractivity contribution in [1.82, 2.24) is 10.2 Å². The predicted octanol–water partition coefficient (Wildman–Crippen LogP) is 2.65. The van der Waals surface area contributed by atoms with E-state index in [0.717, 1.165) is 22.9 Å². The van der Waals surface area contributed by atoms with Gasteiger partial charge in [0.2, 0.25) is 0 Å². The first kappa shape index (κ1) is 10.9. The summed E-state index contributed by atoms with van der Waals surface area (Å²) in [5.74, 6) is 2.12. The van der Waals surface area contributed by atoms with E-state index in [4.69, 9.17) is 0 Å². The van der Waals surface area contributed by atoms with Gasteiger partial charge in [-0.15, -0.1) is 0 Å². The van der Waals surface area contributed by atoms with Gasteiger partial charge in [-0.25, -0.2) is 4.99 Å². The molecule has 0 bridgehead atoms. The summed E-state index contributed by atoms with van der Waals surface area (Å²) in [6, 6.07) is 0.312. The Morgan fingerprint density at radius 1 is 1.31 bits per heavy atom. The molecule has 0 atom stereocenters. The molecule has 0 amide bonds. The molecule has 1 aliphatic heterocycles. The minimum atomic E-state index is 0.312. The zero-order chi connectivity index (χ0) is 11.9. The smallest absolute Gasteiger partial charge is 0.165 e. The highest BCUT2D eigenvalue weighted by molar-refractivity contribution is 5.92. The molecule has 1 N–H and O–H groups in total. The maximum Gasteiger partial charge on any atom is 0.165 e. The second-order valence-electron chi connectivity index (χ2n) is 4.67. The second-order valence-corrected chi connectivity index (χ2v) is 4.67. The van der Waals surface area contributed by atoms with Gasteiger partial charge in [0.15, 0.2) is 5.82 Å². The fraction of sp³-hybridized carbons (Fsp3) is 0.500. The number of nitrogens with zero attached hydrogens (tertiary/aromatic N) is 3. The SMILES string of the molecule is C=C1N=Cc2c(n[nH]c2C(C)C)N1C(C)C. The lowest BCUT2D eigenvalue weighted by Crippen LogP contribution is -2.31. The molecule has 1 aromatic heterocycles. The first-order valence-electron chi connectivity index (χ1n) is 5.62. The van der Waals surface area contributed by atoms with Crippen LogP contribution in [0.2, 0.25) is 0 Å². The zero-order valence-electron chi connectivity index (χ0n) is 10.3. The average Bonchev–Trinajstić information content (AvgIpc) is 2.59. The Kier molecular flexibility index (Phi) is 2.58. The van der Waals surface area contributed by atoms with E-state index in [0.29, 0.717) is 12.0 Å². The van der Waals surface area contributed by atoms with Crippen LogP contribution in [0.15, 0.2) is 17.4 Å². The van der Waals surface area contributed by atoms with Crippen molar-refractivity contribution in [3.63, 3.8) is 0 Å². The molecule has 0 saturated heterocycles. The van der Waals surface area contributed by atoms with Crippen LogP contribution in [0.4, 0.5) is 5.82 Å². The van der Waals surface area contributed by atoms with Crippen molar-refractivity contribution in [3.05, 3.63) is 23.7 Å². The van der Waals surface area contributed by atoms with Crippen LogP contribution in [0.25, 0.3) is 0 Å². The van der Waals surface area contributed by atoms with Gasteiger partial charge >= 0.3 is 0 Å². The van der Waals surface area contributed by atoms with Gasteiger partial charge in [0, 0.05) is 18.0 Å². The van der Waals surface area contributed by atoms with E-state index in [1.165, 1.54) is 0 Å². The van der Waals surface area contributed by atoms with Crippen LogP contribution in [0.3, 0.4) is 0 Å². The molecule has 0 radical (unpaired) electrons. The number of aromatic nitrogens is 2. The molecule has 2 rings (SSSR count). The third-order valence-electron chi connectivity index (χ3n) is 2.76. The van der Waals surface area contributed by atoms with Crippen molar-refractivity contribution in [1.29, 1.82) is 0 Å². The van der Waals surface area contributed by atoms with Crippen molar-refractivity contribution in [2.75, 3.05) is 4.90 Å². The number of fused-ring (bicyclic) bond motifs is 1. The number of rotatable bonds is 2. The molecule has 4 nitrogen and oxygen atoms in total. The lowest BCUT2D eigenvalue weighted by Gasteiger charge is -2.29. The van der Waals surface area contributed by atoms with E-state index in [9.17, 15) is 0 Å². The molecule has 1 aromatic rings. The molecular weight excluding hydrogens is 200 g/mol. The van der Waals surface area contributed by atoms with Gasteiger partial charge in [-0.3, -0.25) is 5.10 Å². The van der Waals surface area contributed by atoms with Crippen LogP contribution < -0.4 is 4.90 Å². The normalized spacial score (nSPS) is 15.1. The number of H-pyrrole nitrogens is 1. The number of hydrogen-bond donors (Lipinski definition) is 1. The number of aliphatic imine (C=N–C) groups is 1.